The van der Waals surface area contributed by atoms with E-state index in [1.165, 1.54) is 19.2 Å². The van der Waals surface area contributed by atoms with Gasteiger partial charge in [-0.3, -0.25) is 10.2 Å². The van der Waals surface area contributed by atoms with Crippen LogP contribution in [0.1, 0.15) is 20.0 Å². The van der Waals surface area contributed by atoms with E-state index < -0.39 is 11.8 Å². The maximum absolute atomic E-state index is 12.2. The number of benzene rings is 1. The molecule has 2 aromatic rings. The second kappa shape index (κ2) is 7.54. The number of hydrogen-bond donors (Lipinski definition) is 1. The molecule has 1 aromatic carbocycles. The molecule has 0 atom stereocenters. The quantitative estimate of drug-likeness (QED) is 0.387. The van der Waals surface area contributed by atoms with E-state index in [1.54, 1.807) is 29.6 Å². The summed E-state index contributed by atoms with van der Waals surface area (Å²) in [6.07, 6.45) is 0. The lowest BCUT2D eigenvalue weighted by molar-refractivity contribution is 0.0607. The number of nitrogens with one attached hydrogen (secondary N) is 1. The molecule has 23 heavy (non-hydrogen) atoms. The normalized spacial score (nSPS) is 10.7. The summed E-state index contributed by atoms with van der Waals surface area (Å²) in [5, 5.41) is 15.0. The highest BCUT2D eigenvalue weighted by molar-refractivity contribution is 7.12. The van der Waals surface area contributed by atoms with Crippen molar-refractivity contribution in [3.05, 3.63) is 51.2 Å². The number of nitrogens with zero attached hydrogens (tertiary/aromatic N) is 2. The Hall–Kier alpha value is -2.69. The molecule has 0 fully saturated rings. The SMILES string of the molecule is COC(=O)c1sccc1NN=C(C#N)C(=O)c1ccc(Cl)cc1. The van der Waals surface area contributed by atoms with Crippen LogP contribution < -0.4 is 5.43 Å². The Bertz CT molecular complexity index is 806. The second-order valence-electron chi connectivity index (χ2n) is 4.18. The topological polar surface area (TPSA) is 91.5 Å². The van der Waals surface area contributed by atoms with Gasteiger partial charge in [0.05, 0.1) is 12.8 Å². The fourth-order valence-corrected chi connectivity index (χ4v) is 2.52. The molecule has 0 saturated heterocycles. The standard InChI is InChI=1S/C15H10ClN3O3S/c1-22-15(21)14-11(6-7-23-14)18-19-12(8-17)13(20)9-2-4-10(16)5-3-9/h2-7,18H,1H3. The van der Waals surface area contributed by atoms with Gasteiger partial charge in [0.1, 0.15) is 10.9 Å². The monoisotopic (exact) mass is 347 g/mol. The third kappa shape index (κ3) is 3.94. The van der Waals surface area contributed by atoms with E-state index in [9.17, 15) is 9.59 Å². The number of Topliss-reactive ketones (excluding diaryl/α,β-unsaturated/α-hetero) is 1. The highest BCUT2D eigenvalue weighted by Gasteiger charge is 2.16. The first-order valence-corrected chi connectivity index (χ1v) is 7.52. The first-order chi connectivity index (χ1) is 11.1. The van der Waals surface area contributed by atoms with Crippen molar-refractivity contribution in [2.24, 2.45) is 5.10 Å². The molecule has 0 aliphatic heterocycles. The number of esters is 1. The number of anilines is 1. The van der Waals surface area contributed by atoms with Crippen LogP contribution in [0.2, 0.25) is 5.02 Å². The van der Waals surface area contributed by atoms with Crippen LogP contribution >= 0.6 is 22.9 Å². The maximum atomic E-state index is 12.2. The predicted molar refractivity (Wildman–Crippen MR) is 88.1 cm³/mol. The van der Waals surface area contributed by atoms with Gasteiger partial charge in [-0.05, 0) is 35.7 Å². The highest BCUT2D eigenvalue weighted by atomic mass is 35.5. The van der Waals surface area contributed by atoms with Gasteiger partial charge in [0.15, 0.2) is 0 Å². The number of thiophene rings is 1. The zero-order valence-corrected chi connectivity index (χ0v) is 13.4. The minimum absolute atomic E-state index is 0.287. The maximum Gasteiger partial charge on any atom is 0.350 e. The third-order valence-corrected chi connectivity index (χ3v) is 3.90. The Morgan fingerprint density at radius 3 is 2.61 bits per heavy atom. The van der Waals surface area contributed by atoms with Crippen molar-refractivity contribution >= 4 is 46.1 Å². The van der Waals surface area contributed by atoms with E-state index in [0.717, 1.165) is 11.3 Å². The van der Waals surface area contributed by atoms with Gasteiger partial charge in [-0.1, -0.05) is 11.6 Å². The number of ether oxygens (including phenoxy) is 1. The molecule has 1 heterocycles. The fraction of sp³-hybridized carbons (Fsp3) is 0.0667. The van der Waals surface area contributed by atoms with Crippen molar-refractivity contribution in [1.82, 2.24) is 0 Å². The summed E-state index contributed by atoms with van der Waals surface area (Å²) < 4.78 is 4.63. The lowest BCUT2D eigenvalue weighted by Gasteiger charge is -2.02. The van der Waals surface area contributed by atoms with E-state index >= 15 is 0 Å². The molecule has 0 spiro atoms. The van der Waals surface area contributed by atoms with Gasteiger partial charge in [0.25, 0.3) is 0 Å². The molecule has 0 aliphatic carbocycles. The van der Waals surface area contributed by atoms with Gasteiger partial charge < -0.3 is 4.74 Å². The van der Waals surface area contributed by atoms with Gasteiger partial charge in [0, 0.05) is 10.6 Å². The van der Waals surface area contributed by atoms with Crippen LogP contribution in [0.15, 0.2) is 40.8 Å². The number of carbonyl (C=O) groups is 2. The number of rotatable bonds is 5. The molecule has 8 heteroatoms. The van der Waals surface area contributed by atoms with E-state index in [0.29, 0.717) is 15.6 Å². The molecule has 2 rings (SSSR count). The number of methoxy groups -OCH3 is 1. The lowest BCUT2D eigenvalue weighted by atomic mass is 10.1. The van der Waals surface area contributed by atoms with Gasteiger partial charge >= 0.3 is 5.97 Å². The van der Waals surface area contributed by atoms with Crippen molar-refractivity contribution in [3.63, 3.8) is 0 Å². The van der Waals surface area contributed by atoms with Crippen molar-refractivity contribution in [1.29, 1.82) is 5.26 Å². The van der Waals surface area contributed by atoms with Crippen molar-refractivity contribution in [2.45, 2.75) is 0 Å². The van der Waals surface area contributed by atoms with Crippen LogP contribution in [0, 0.1) is 11.3 Å². The smallest absolute Gasteiger partial charge is 0.350 e. The first-order valence-electron chi connectivity index (χ1n) is 6.26. The summed E-state index contributed by atoms with van der Waals surface area (Å²) in [5.74, 6) is -1.08. The number of halogens is 1. The number of hydrogen-bond acceptors (Lipinski definition) is 7. The molecule has 0 bridgehead atoms. The highest BCUT2D eigenvalue weighted by Crippen LogP contribution is 2.23. The number of carbonyl (C=O) groups excluding carboxylic acids is 2. The summed E-state index contributed by atoms with van der Waals surface area (Å²) in [4.78, 5) is 24.0. The molecular formula is C15H10ClN3O3S. The summed E-state index contributed by atoms with van der Waals surface area (Å²) in [6, 6.07) is 9.43. The van der Waals surface area contributed by atoms with Crippen LogP contribution in [0.5, 0.6) is 0 Å². The zero-order chi connectivity index (χ0) is 16.8. The van der Waals surface area contributed by atoms with Crippen molar-refractivity contribution in [3.8, 4) is 6.07 Å². The summed E-state index contributed by atoms with van der Waals surface area (Å²) in [7, 11) is 1.26. The number of nitriles is 1. The van der Waals surface area contributed by atoms with Gasteiger partial charge in [-0.2, -0.15) is 10.4 Å². The Kier molecular flexibility index (Phi) is 5.46. The molecule has 0 radical (unpaired) electrons. The molecule has 0 aliphatic rings. The molecule has 0 amide bonds. The Balaban J connectivity index is 2.21. The van der Waals surface area contributed by atoms with Crippen LogP contribution in [0.4, 0.5) is 5.69 Å². The Morgan fingerprint density at radius 2 is 2.00 bits per heavy atom. The fourth-order valence-electron chi connectivity index (χ4n) is 1.63. The molecule has 0 unspecified atom stereocenters. The first kappa shape index (κ1) is 16.7. The minimum Gasteiger partial charge on any atom is -0.465 e. The Morgan fingerprint density at radius 1 is 1.30 bits per heavy atom. The molecule has 1 N–H and O–H groups in total. The predicted octanol–water partition coefficient (Wildman–Crippen LogP) is 3.36. The van der Waals surface area contributed by atoms with Gasteiger partial charge in [0.2, 0.25) is 11.5 Å². The molecule has 0 saturated carbocycles. The molecule has 116 valence electrons. The van der Waals surface area contributed by atoms with Crippen LogP contribution in [0.25, 0.3) is 0 Å². The molecular weight excluding hydrogens is 338 g/mol. The molecule has 1 aromatic heterocycles. The Labute approximate surface area is 141 Å². The van der Waals surface area contributed by atoms with E-state index in [2.05, 4.69) is 15.3 Å². The minimum atomic E-state index is -0.550. The van der Waals surface area contributed by atoms with E-state index in [1.807, 2.05) is 0 Å². The largest absolute Gasteiger partial charge is 0.465 e. The van der Waals surface area contributed by atoms with Crippen molar-refractivity contribution in [2.75, 3.05) is 12.5 Å². The summed E-state index contributed by atoms with van der Waals surface area (Å²) in [6.45, 7) is 0. The van der Waals surface area contributed by atoms with Gasteiger partial charge in [-0.15, -0.1) is 11.3 Å². The average Bonchev–Trinajstić information content (AvgIpc) is 3.03. The average molecular weight is 348 g/mol. The van der Waals surface area contributed by atoms with E-state index in [4.69, 9.17) is 16.9 Å². The van der Waals surface area contributed by atoms with Crippen molar-refractivity contribution < 1.29 is 14.3 Å². The zero-order valence-electron chi connectivity index (χ0n) is 11.9. The summed E-state index contributed by atoms with van der Waals surface area (Å²) in [5.41, 5.74) is 2.86. The van der Waals surface area contributed by atoms with Gasteiger partial charge in [-0.25, -0.2) is 4.79 Å². The van der Waals surface area contributed by atoms with Crippen LogP contribution in [-0.2, 0) is 4.74 Å². The third-order valence-electron chi connectivity index (χ3n) is 2.75. The number of ketones is 1. The van der Waals surface area contributed by atoms with E-state index in [-0.39, 0.29) is 11.3 Å². The second-order valence-corrected chi connectivity index (χ2v) is 5.53. The lowest BCUT2D eigenvalue weighted by Crippen LogP contribution is -2.14. The molecule has 6 nitrogen and oxygen atoms in total. The summed E-state index contributed by atoms with van der Waals surface area (Å²) >= 11 is 6.92. The number of hydrazone groups is 1. The van der Waals surface area contributed by atoms with Crippen LogP contribution in [-0.4, -0.2) is 24.6 Å². The van der Waals surface area contributed by atoms with Crippen LogP contribution in [0.3, 0.4) is 0 Å².